The van der Waals surface area contributed by atoms with Gasteiger partial charge in [0.2, 0.25) is 16.0 Å². The van der Waals surface area contributed by atoms with E-state index in [9.17, 15) is 18.6 Å². The molecule has 14 heteroatoms. The number of piperidine rings is 1. The number of nitrogens with one attached hydrogen (secondary N) is 1. The van der Waals surface area contributed by atoms with Crippen molar-refractivity contribution in [1.82, 2.24) is 23.8 Å². The molecule has 6 rings (SSSR count). The van der Waals surface area contributed by atoms with E-state index in [1.165, 1.54) is 16.6 Å². The van der Waals surface area contributed by atoms with Gasteiger partial charge in [-0.15, -0.1) is 0 Å². The molecule has 3 aliphatic rings. The van der Waals surface area contributed by atoms with Crippen molar-refractivity contribution in [1.29, 1.82) is 0 Å². The molecule has 0 unspecified atom stereocenters. The fourth-order valence-corrected chi connectivity index (χ4v) is 8.51. The van der Waals surface area contributed by atoms with Crippen molar-refractivity contribution in [3.05, 3.63) is 35.0 Å². The van der Waals surface area contributed by atoms with Crippen LogP contribution in [0.3, 0.4) is 0 Å². The number of hydrogen-bond donors (Lipinski definition) is 3. The lowest BCUT2D eigenvalue weighted by Gasteiger charge is -2.42. The Bertz CT molecular complexity index is 1610. The lowest BCUT2D eigenvalue weighted by molar-refractivity contribution is -0.0560. The summed E-state index contributed by atoms with van der Waals surface area (Å²) in [6, 6.07) is 1.91. The molecule has 0 spiro atoms. The summed E-state index contributed by atoms with van der Waals surface area (Å²) in [6.45, 7) is 7.25. The largest absolute Gasteiger partial charge is 0.387 e. The van der Waals surface area contributed by atoms with Crippen molar-refractivity contribution < 1.29 is 27.8 Å². The summed E-state index contributed by atoms with van der Waals surface area (Å²) in [5.41, 5.74) is -0.0215. The molecule has 2 aliphatic heterocycles. The van der Waals surface area contributed by atoms with Crippen LogP contribution in [0.1, 0.15) is 65.2 Å². The minimum absolute atomic E-state index is 0.118. The molecule has 2 bridgehead atoms. The first-order chi connectivity index (χ1) is 19.3. The van der Waals surface area contributed by atoms with Crippen LogP contribution in [0, 0.1) is 5.82 Å². The fourth-order valence-electron chi connectivity index (χ4n) is 6.00. The van der Waals surface area contributed by atoms with Crippen molar-refractivity contribution >= 4 is 38.6 Å². The number of sulfonamides is 1. The maximum atomic E-state index is 15.4. The first kappa shape index (κ1) is 28.7. The number of aliphatic hydroxyl groups excluding tert-OH is 1. The summed E-state index contributed by atoms with van der Waals surface area (Å²) >= 11 is 6.48. The smallest absolute Gasteiger partial charge is 0.223 e. The molecule has 1 aliphatic carbocycles. The van der Waals surface area contributed by atoms with Crippen LogP contribution >= 0.6 is 11.6 Å². The van der Waals surface area contributed by atoms with Crippen LogP contribution in [0.15, 0.2) is 18.3 Å². The topological polar surface area (TPSA) is 143 Å². The summed E-state index contributed by atoms with van der Waals surface area (Å²) in [5.74, 6) is -0.0971. The standard InChI is InChI=1S/C27H34ClFN6O5S/c1-13(2)34-20-9-14(8-18(29)22(20)32-25(34)27(3,4)37)21-17(28)11-30-26(33-21)31-19-10-15-12-40-24(23(19)36)35(15)41(38,39)16-6-5-7-16/h8-9,11,13,15-16,19,23-24,36-37H,5-7,10,12H2,1-4H3,(H,30,31,33)/t15-,19+,23-,24-/m0/s1. The highest BCUT2D eigenvalue weighted by molar-refractivity contribution is 7.89. The number of benzene rings is 1. The van der Waals surface area contributed by atoms with Crippen LogP contribution in [0.2, 0.25) is 5.02 Å². The Hall–Kier alpha value is -2.42. The number of fused-ring (bicyclic) bond motifs is 3. The second kappa shape index (κ2) is 10.1. The number of anilines is 1. The monoisotopic (exact) mass is 608 g/mol. The Morgan fingerprint density at radius 3 is 2.61 bits per heavy atom. The van der Waals surface area contributed by atoms with Gasteiger partial charge in [0.1, 0.15) is 23.0 Å². The molecule has 222 valence electrons. The van der Waals surface area contributed by atoms with E-state index in [1.807, 2.05) is 13.8 Å². The number of halogens is 2. The zero-order valence-electron chi connectivity index (χ0n) is 23.3. The van der Waals surface area contributed by atoms with Crippen LogP contribution in [-0.2, 0) is 20.4 Å². The summed E-state index contributed by atoms with van der Waals surface area (Å²) in [5, 5.41) is 24.7. The first-order valence-corrected chi connectivity index (χ1v) is 15.7. The average Bonchev–Trinajstić information content (AvgIpc) is 3.42. The maximum Gasteiger partial charge on any atom is 0.223 e. The molecule has 2 saturated heterocycles. The van der Waals surface area contributed by atoms with Crippen molar-refractivity contribution in [2.75, 3.05) is 11.9 Å². The number of aromatic nitrogens is 4. The highest BCUT2D eigenvalue weighted by atomic mass is 35.5. The third-order valence-corrected chi connectivity index (χ3v) is 10.9. The summed E-state index contributed by atoms with van der Waals surface area (Å²) in [6.07, 6.45) is 1.70. The zero-order chi connectivity index (χ0) is 29.4. The lowest BCUT2D eigenvalue weighted by Crippen LogP contribution is -2.60. The molecule has 3 N–H and O–H groups in total. The highest BCUT2D eigenvalue weighted by Crippen LogP contribution is 2.40. The van der Waals surface area contributed by atoms with Crippen molar-refractivity contribution in [2.45, 2.75) is 94.7 Å². The van der Waals surface area contributed by atoms with Crippen molar-refractivity contribution in [3.63, 3.8) is 0 Å². The van der Waals surface area contributed by atoms with Crippen LogP contribution in [0.5, 0.6) is 0 Å². The van der Waals surface area contributed by atoms with Crippen LogP contribution in [0.4, 0.5) is 10.3 Å². The summed E-state index contributed by atoms with van der Waals surface area (Å²) < 4.78 is 50.5. The van der Waals surface area contributed by atoms with Gasteiger partial charge in [-0.25, -0.2) is 27.8 Å². The van der Waals surface area contributed by atoms with E-state index < -0.39 is 51.1 Å². The van der Waals surface area contributed by atoms with Crippen molar-refractivity contribution in [3.8, 4) is 11.3 Å². The minimum atomic E-state index is -3.56. The number of nitrogens with zero attached hydrogens (tertiary/aromatic N) is 5. The molecule has 4 heterocycles. The van der Waals surface area contributed by atoms with E-state index >= 15 is 4.39 Å². The molecule has 2 aromatic heterocycles. The molecule has 0 amide bonds. The molecular formula is C27H34ClFN6O5S. The summed E-state index contributed by atoms with van der Waals surface area (Å²) in [4.78, 5) is 13.2. The number of ether oxygens (including phenoxy) is 1. The Kier molecular flexibility index (Phi) is 7.06. The minimum Gasteiger partial charge on any atom is -0.387 e. The SMILES string of the molecule is CC(C)n1c(C(C)(C)O)nc2c(F)cc(-c3nc(N[C@@H]4C[C@H]5CO[C@@H]([C@H]4O)N5S(=O)(=O)C4CCC4)ncc3Cl)cc21. The van der Waals surface area contributed by atoms with Gasteiger partial charge in [-0.05, 0) is 59.1 Å². The van der Waals surface area contributed by atoms with Gasteiger partial charge in [0, 0.05) is 11.6 Å². The van der Waals surface area contributed by atoms with Crippen LogP contribution in [-0.4, -0.2) is 78.7 Å². The van der Waals surface area contributed by atoms with Gasteiger partial charge in [0.05, 0.1) is 46.4 Å². The van der Waals surface area contributed by atoms with E-state index in [0.29, 0.717) is 36.2 Å². The zero-order valence-corrected chi connectivity index (χ0v) is 24.8. The van der Waals surface area contributed by atoms with Gasteiger partial charge in [0.15, 0.2) is 12.0 Å². The molecule has 4 atom stereocenters. The first-order valence-electron chi connectivity index (χ1n) is 13.8. The second-order valence-electron chi connectivity index (χ2n) is 12.0. The summed E-state index contributed by atoms with van der Waals surface area (Å²) in [7, 11) is -3.56. The third kappa shape index (κ3) is 4.80. The second-order valence-corrected chi connectivity index (χ2v) is 14.5. The number of aliphatic hydroxyl groups is 2. The van der Waals surface area contributed by atoms with Gasteiger partial charge in [0.25, 0.3) is 0 Å². The van der Waals surface area contributed by atoms with E-state index in [0.717, 1.165) is 6.42 Å². The Morgan fingerprint density at radius 1 is 1.24 bits per heavy atom. The van der Waals surface area contributed by atoms with Crippen LogP contribution in [0.25, 0.3) is 22.3 Å². The van der Waals surface area contributed by atoms with E-state index in [4.69, 9.17) is 16.3 Å². The van der Waals surface area contributed by atoms with Gasteiger partial charge >= 0.3 is 0 Å². The predicted molar refractivity (Wildman–Crippen MR) is 151 cm³/mol. The lowest BCUT2D eigenvalue weighted by atomic mass is 9.98. The molecule has 1 saturated carbocycles. The Balaban J connectivity index is 1.31. The van der Waals surface area contributed by atoms with Gasteiger partial charge < -0.3 is 24.8 Å². The molecule has 11 nitrogen and oxygen atoms in total. The Morgan fingerprint density at radius 2 is 1.98 bits per heavy atom. The number of rotatable bonds is 7. The van der Waals surface area contributed by atoms with E-state index in [1.54, 1.807) is 24.5 Å². The Labute approximate surface area is 242 Å². The van der Waals surface area contributed by atoms with Gasteiger partial charge in [-0.3, -0.25) is 0 Å². The normalized spacial score (nSPS) is 25.7. The molecule has 3 aromatic rings. The predicted octanol–water partition coefficient (Wildman–Crippen LogP) is 3.55. The molecule has 1 aromatic carbocycles. The fraction of sp³-hybridized carbons (Fsp3) is 0.593. The van der Waals surface area contributed by atoms with Gasteiger partial charge in [-0.2, -0.15) is 4.31 Å². The third-order valence-electron chi connectivity index (χ3n) is 8.21. The average molecular weight is 609 g/mol. The number of hydrogen-bond acceptors (Lipinski definition) is 9. The van der Waals surface area contributed by atoms with E-state index in [2.05, 4.69) is 20.3 Å². The van der Waals surface area contributed by atoms with Crippen LogP contribution < -0.4 is 5.32 Å². The molecule has 0 radical (unpaired) electrons. The number of imidazole rings is 1. The quantitative estimate of drug-likeness (QED) is 0.367. The highest BCUT2D eigenvalue weighted by Gasteiger charge is 2.55. The van der Waals surface area contributed by atoms with E-state index in [-0.39, 0.29) is 34.8 Å². The molecular weight excluding hydrogens is 575 g/mol. The molecule has 3 fully saturated rings. The van der Waals surface area contributed by atoms with Gasteiger partial charge in [-0.1, -0.05) is 18.0 Å². The molecule has 41 heavy (non-hydrogen) atoms. The maximum absolute atomic E-state index is 15.4. The van der Waals surface area contributed by atoms with Crippen molar-refractivity contribution in [2.24, 2.45) is 0 Å².